The molecule has 0 amide bonds. The van der Waals surface area contributed by atoms with Gasteiger partial charge in [0, 0.05) is 19.3 Å². The van der Waals surface area contributed by atoms with Crippen molar-refractivity contribution in [2.75, 3.05) is 13.2 Å². The quantitative estimate of drug-likeness (QED) is 0.0363. The summed E-state index contributed by atoms with van der Waals surface area (Å²) < 4.78 is 16.7. The summed E-state index contributed by atoms with van der Waals surface area (Å²) in [6.07, 6.45) is 31.0. The van der Waals surface area contributed by atoms with Gasteiger partial charge in [-0.05, 0) is 37.0 Å². The SMILES string of the molecule is CCC(C)CCCCCCCCC(=O)O[C@H](COC(=O)CCCCCCCCCCCC(C)C)COC(=O)CCCCCCCCCC(C)C. The lowest BCUT2D eigenvalue weighted by Gasteiger charge is -2.18. The van der Waals surface area contributed by atoms with Crippen LogP contribution in [0.3, 0.4) is 0 Å². The lowest BCUT2D eigenvalue weighted by Crippen LogP contribution is -2.30. The molecular formula is C44H84O6. The van der Waals surface area contributed by atoms with Crippen molar-refractivity contribution in [1.82, 2.24) is 0 Å². The molecular weight excluding hydrogens is 624 g/mol. The molecule has 2 atom stereocenters. The van der Waals surface area contributed by atoms with Crippen molar-refractivity contribution in [2.24, 2.45) is 17.8 Å². The Morgan fingerprint density at radius 1 is 0.400 bits per heavy atom. The fourth-order valence-electron chi connectivity index (χ4n) is 6.32. The number of rotatable bonds is 37. The van der Waals surface area contributed by atoms with Gasteiger partial charge in [-0.1, -0.05) is 189 Å². The van der Waals surface area contributed by atoms with Crippen LogP contribution in [0.25, 0.3) is 0 Å². The molecule has 50 heavy (non-hydrogen) atoms. The molecule has 0 aromatic heterocycles. The minimum atomic E-state index is -0.762. The number of ether oxygens (including phenoxy) is 3. The van der Waals surface area contributed by atoms with Crippen LogP contribution in [-0.2, 0) is 28.6 Å². The second-order valence-corrected chi connectivity index (χ2v) is 16.2. The molecule has 296 valence electrons. The van der Waals surface area contributed by atoms with Crippen LogP contribution in [0, 0.1) is 17.8 Å². The first kappa shape index (κ1) is 48.4. The smallest absolute Gasteiger partial charge is 0.306 e. The molecule has 0 aromatic carbocycles. The van der Waals surface area contributed by atoms with E-state index in [1.54, 1.807) is 0 Å². The van der Waals surface area contributed by atoms with Gasteiger partial charge in [0.1, 0.15) is 13.2 Å². The average molecular weight is 709 g/mol. The van der Waals surface area contributed by atoms with Crippen LogP contribution in [0.5, 0.6) is 0 Å². The van der Waals surface area contributed by atoms with E-state index < -0.39 is 6.10 Å². The molecule has 6 heteroatoms. The first-order valence-corrected chi connectivity index (χ1v) is 21.6. The second-order valence-electron chi connectivity index (χ2n) is 16.2. The van der Waals surface area contributed by atoms with Crippen LogP contribution in [0.15, 0.2) is 0 Å². The zero-order valence-corrected chi connectivity index (χ0v) is 34.2. The largest absolute Gasteiger partial charge is 0.462 e. The molecule has 0 fully saturated rings. The maximum atomic E-state index is 12.7. The Labute approximate surface area is 310 Å². The van der Waals surface area contributed by atoms with Crippen LogP contribution in [0.4, 0.5) is 0 Å². The highest BCUT2D eigenvalue weighted by molar-refractivity contribution is 5.71. The first-order valence-electron chi connectivity index (χ1n) is 21.6. The number of esters is 3. The van der Waals surface area contributed by atoms with E-state index in [1.165, 1.54) is 109 Å². The number of carbonyl (C=O) groups excluding carboxylic acids is 3. The molecule has 0 aliphatic carbocycles. The van der Waals surface area contributed by atoms with Gasteiger partial charge in [0.15, 0.2) is 6.10 Å². The minimum absolute atomic E-state index is 0.0678. The molecule has 0 radical (unpaired) electrons. The van der Waals surface area contributed by atoms with Crippen LogP contribution in [0.2, 0.25) is 0 Å². The molecule has 0 bridgehead atoms. The van der Waals surface area contributed by atoms with E-state index in [4.69, 9.17) is 14.2 Å². The zero-order chi connectivity index (χ0) is 37.1. The molecule has 0 saturated carbocycles. The van der Waals surface area contributed by atoms with Crippen molar-refractivity contribution in [2.45, 2.75) is 234 Å². The maximum Gasteiger partial charge on any atom is 0.306 e. The van der Waals surface area contributed by atoms with Crippen LogP contribution in [0.1, 0.15) is 228 Å². The van der Waals surface area contributed by atoms with Gasteiger partial charge in [-0.25, -0.2) is 0 Å². The van der Waals surface area contributed by atoms with Crippen molar-refractivity contribution >= 4 is 17.9 Å². The third-order valence-electron chi connectivity index (χ3n) is 10.0. The summed E-state index contributed by atoms with van der Waals surface area (Å²) in [5, 5.41) is 0. The van der Waals surface area contributed by atoms with Gasteiger partial charge in [-0.2, -0.15) is 0 Å². The standard InChI is InChI=1S/C44H84O6/c1-7-40(6)32-26-20-16-17-23-29-35-44(47)50-41(37-49-43(46)34-28-22-15-11-13-19-25-31-39(4)5)36-48-42(45)33-27-21-14-10-8-9-12-18-24-30-38(2)3/h38-41H,7-37H2,1-6H3/t40?,41-/m1/s1. The molecule has 0 aliphatic heterocycles. The molecule has 0 aromatic rings. The van der Waals surface area contributed by atoms with Gasteiger partial charge >= 0.3 is 17.9 Å². The highest BCUT2D eigenvalue weighted by Crippen LogP contribution is 2.17. The van der Waals surface area contributed by atoms with Gasteiger partial charge in [-0.3, -0.25) is 14.4 Å². The number of carbonyl (C=O) groups is 3. The Morgan fingerprint density at radius 3 is 1.04 bits per heavy atom. The van der Waals surface area contributed by atoms with Crippen LogP contribution in [-0.4, -0.2) is 37.2 Å². The fourth-order valence-corrected chi connectivity index (χ4v) is 6.32. The number of hydrogen-bond donors (Lipinski definition) is 0. The lowest BCUT2D eigenvalue weighted by atomic mass is 10.00. The molecule has 0 aliphatic rings. The highest BCUT2D eigenvalue weighted by atomic mass is 16.6. The van der Waals surface area contributed by atoms with E-state index >= 15 is 0 Å². The summed E-state index contributed by atoms with van der Waals surface area (Å²) in [5.41, 5.74) is 0. The van der Waals surface area contributed by atoms with Crippen molar-refractivity contribution in [3.05, 3.63) is 0 Å². The third-order valence-corrected chi connectivity index (χ3v) is 10.0. The molecule has 0 spiro atoms. The normalized spacial score (nSPS) is 12.7. The topological polar surface area (TPSA) is 78.9 Å². The second kappa shape index (κ2) is 35.8. The van der Waals surface area contributed by atoms with Crippen LogP contribution >= 0.6 is 0 Å². The van der Waals surface area contributed by atoms with E-state index in [2.05, 4.69) is 41.5 Å². The Kier molecular flexibility index (Phi) is 34.7. The molecule has 0 heterocycles. The average Bonchev–Trinajstić information content (AvgIpc) is 3.08. The predicted molar refractivity (Wildman–Crippen MR) is 210 cm³/mol. The molecule has 0 N–H and O–H groups in total. The summed E-state index contributed by atoms with van der Waals surface area (Å²) in [4.78, 5) is 37.6. The predicted octanol–water partition coefficient (Wildman–Crippen LogP) is 13.3. The summed E-state index contributed by atoms with van der Waals surface area (Å²) >= 11 is 0. The van der Waals surface area contributed by atoms with E-state index in [-0.39, 0.29) is 31.1 Å². The van der Waals surface area contributed by atoms with Gasteiger partial charge in [-0.15, -0.1) is 0 Å². The number of hydrogen-bond acceptors (Lipinski definition) is 6. The first-order chi connectivity index (χ1) is 24.1. The van der Waals surface area contributed by atoms with Gasteiger partial charge in [0.25, 0.3) is 0 Å². The van der Waals surface area contributed by atoms with E-state index in [9.17, 15) is 14.4 Å². The maximum absolute atomic E-state index is 12.7. The van der Waals surface area contributed by atoms with Crippen molar-refractivity contribution in [1.29, 1.82) is 0 Å². The van der Waals surface area contributed by atoms with Crippen molar-refractivity contribution in [3.63, 3.8) is 0 Å². The van der Waals surface area contributed by atoms with Gasteiger partial charge in [0.05, 0.1) is 0 Å². The molecule has 6 nitrogen and oxygen atoms in total. The van der Waals surface area contributed by atoms with Gasteiger partial charge < -0.3 is 14.2 Å². The minimum Gasteiger partial charge on any atom is -0.462 e. The Balaban J connectivity index is 4.36. The Bertz CT molecular complexity index is 778. The van der Waals surface area contributed by atoms with E-state index in [0.717, 1.165) is 75.5 Å². The zero-order valence-electron chi connectivity index (χ0n) is 34.2. The summed E-state index contributed by atoms with van der Waals surface area (Å²) in [6, 6.07) is 0. The summed E-state index contributed by atoms with van der Waals surface area (Å²) in [6.45, 7) is 13.6. The number of unbranched alkanes of at least 4 members (excludes halogenated alkanes) is 19. The summed E-state index contributed by atoms with van der Waals surface area (Å²) in [7, 11) is 0. The third kappa shape index (κ3) is 36.2. The van der Waals surface area contributed by atoms with E-state index in [1.807, 2.05) is 0 Å². The Morgan fingerprint density at radius 2 is 0.700 bits per heavy atom. The fraction of sp³-hybridized carbons (Fsp3) is 0.932. The summed E-state index contributed by atoms with van der Waals surface area (Å²) in [5.74, 6) is 1.53. The highest BCUT2D eigenvalue weighted by Gasteiger charge is 2.19. The monoisotopic (exact) mass is 709 g/mol. The molecule has 0 rings (SSSR count). The van der Waals surface area contributed by atoms with Crippen molar-refractivity contribution in [3.8, 4) is 0 Å². The van der Waals surface area contributed by atoms with Crippen molar-refractivity contribution < 1.29 is 28.6 Å². The van der Waals surface area contributed by atoms with E-state index in [0.29, 0.717) is 19.3 Å². The Hall–Kier alpha value is -1.59. The van der Waals surface area contributed by atoms with Crippen LogP contribution < -0.4 is 0 Å². The van der Waals surface area contributed by atoms with Gasteiger partial charge in [0.2, 0.25) is 0 Å². The molecule has 0 saturated heterocycles. The lowest BCUT2D eigenvalue weighted by molar-refractivity contribution is -0.167. The molecule has 1 unspecified atom stereocenters.